The fourth-order valence-electron chi connectivity index (χ4n) is 1.27. The molecule has 0 aromatic carbocycles. The quantitative estimate of drug-likeness (QED) is 0.398. The smallest absolute Gasteiger partial charge is 0.220 e. The molecule has 0 saturated carbocycles. The number of amides is 1. The summed E-state index contributed by atoms with van der Waals surface area (Å²) < 4.78 is 0. The summed E-state index contributed by atoms with van der Waals surface area (Å²) in [5, 5.41) is 29.3. The lowest BCUT2D eigenvalue weighted by atomic mass is 10.0. The molecule has 1 heterocycles. The predicted octanol–water partition coefficient (Wildman–Crippen LogP) is -2.02. The first-order chi connectivity index (χ1) is 5.65. The Balaban J connectivity index is 2.42. The van der Waals surface area contributed by atoms with Gasteiger partial charge in [-0.2, -0.15) is 0 Å². The summed E-state index contributed by atoms with van der Waals surface area (Å²) in [4.78, 5) is 10.7. The molecule has 0 unspecified atom stereocenters. The van der Waals surface area contributed by atoms with Crippen LogP contribution in [-0.2, 0) is 4.79 Å². The van der Waals surface area contributed by atoms with Crippen LogP contribution in [0.5, 0.6) is 0 Å². The molecule has 3 atom stereocenters. The minimum Gasteiger partial charge on any atom is -0.394 e. The lowest BCUT2D eigenvalue weighted by Crippen LogP contribution is -2.45. The number of aliphatic hydroxyl groups is 3. The Hall–Kier alpha value is -0.650. The molecule has 1 aliphatic rings. The Bertz CT molecular complexity index is 173. The molecule has 5 nitrogen and oxygen atoms in total. The van der Waals surface area contributed by atoms with Crippen molar-refractivity contribution in [3.63, 3.8) is 0 Å². The number of hydrogen-bond acceptors (Lipinski definition) is 4. The normalized spacial score (nSPS) is 28.2. The number of rotatable bonds is 3. The lowest BCUT2D eigenvalue weighted by molar-refractivity contribution is -0.120. The Morgan fingerprint density at radius 1 is 1.58 bits per heavy atom. The van der Waals surface area contributed by atoms with Crippen LogP contribution in [-0.4, -0.2) is 46.1 Å². The van der Waals surface area contributed by atoms with Crippen LogP contribution in [0.25, 0.3) is 0 Å². The third-order valence-electron chi connectivity index (χ3n) is 2.02. The van der Waals surface area contributed by atoms with Crippen LogP contribution in [0, 0.1) is 0 Å². The lowest BCUT2D eigenvalue weighted by Gasteiger charge is -2.21. The standard InChI is InChI=1S/C7H13NO4/c9-3-5(10)7(12)4-1-2-6(11)8-4/h4-5,7,9-10,12H,1-3H2,(H,8,11)/t4-,5+,7-/m0/s1. The van der Waals surface area contributed by atoms with E-state index >= 15 is 0 Å². The van der Waals surface area contributed by atoms with E-state index in [-0.39, 0.29) is 5.91 Å². The number of carbonyl (C=O) groups excluding carboxylic acids is 1. The second kappa shape index (κ2) is 3.84. The molecule has 0 aromatic heterocycles. The molecule has 1 aliphatic heterocycles. The monoisotopic (exact) mass is 175 g/mol. The molecule has 0 aliphatic carbocycles. The molecule has 1 amide bonds. The Labute approximate surface area is 70.0 Å². The SMILES string of the molecule is O=C1CC[C@@H]([C@H](O)[C@H](O)CO)N1. The number of carbonyl (C=O) groups is 1. The molecule has 12 heavy (non-hydrogen) atoms. The van der Waals surface area contributed by atoms with E-state index in [1.807, 2.05) is 0 Å². The second-order valence-electron chi connectivity index (χ2n) is 2.95. The average molecular weight is 175 g/mol. The van der Waals surface area contributed by atoms with Crippen molar-refractivity contribution in [2.24, 2.45) is 0 Å². The van der Waals surface area contributed by atoms with Crippen molar-refractivity contribution in [2.75, 3.05) is 6.61 Å². The molecule has 1 fully saturated rings. The summed E-state index contributed by atoms with van der Waals surface area (Å²) in [5.41, 5.74) is 0. The summed E-state index contributed by atoms with van der Waals surface area (Å²) in [6.45, 7) is -0.493. The van der Waals surface area contributed by atoms with Gasteiger partial charge in [0, 0.05) is 6.42 Å². The van der Waals surface area contributed by atoms with E-state index in [0.29, 0.717) is 12.8 Å². The predicted molar refractivity (Wildman–Crippen MR) is 40.3 cm³/mol. The average Bonchev–Trinajstić information content (AvgIpc) is 2.49. The van der Waals surface area contributed by atoms with Gasteiger partial charge in [0.1, 0.15) is 12.2 Å². The first kappa shape index (κ1) is 9.44. The summed E-state index contributed by atoms with van der Waals surface area (Å²) in [6, 6.07) is -0.417. The number of aliphatic hydroxyl groups excluding tert-OH is 3. The molecule has 1 saturated heterocycles. The third kappa shape index (κ3) is 1.94. The van der Waals surface area contributed by atoms with Crippen LogP contribution < -0.4 is 5.32 Å². The Morgan fingerprint density at radius 3 is 2.67 bits per heavy atom. The fraction of sp³-hybridized carbons (Fsp3) is 0.857. The van der Waals surface area contributed by atoms with Gasteiger partial charge in [-0.05, 0) is 6.42 Å². The molecule has 4 N–H and O–H groups in total. The topological polar surface area (TPSA) is 89.8 Å². The first-order valence-corrected chi connectivity index (χ1v) is 3.91. The van der Waals surface area contributed by atoms with Crippen LogP contribution >= 0.6 is 0 Å². The maximum atomic E-state index is 10.7. The van der Waals surface area contributed by atoms with Crippen molar-refractivity contribution in [3.05, 3.63) is 0 Å². The van der Waals surface area contributed by atoms with Gasteiger partial charge in [0.2, 0.25) is 5.91 Å². The summed E-state index contributed by atoms with van der Waals surface area (Å²) in [5.74, 6) is -0.121. The van der Waals surface area contributed by atoms with Crippen molar-refractivity contribution in [3.8, 4) is 0 Å². The van der Waals surface area contributed by atoms with E-state index in [4.69, 9.17) is 10.2 Å². The fourth-order valence-corrected chi connectivity index (χ4v) is 1.27. The summed E-state index contributed by atoms with van der Waals surface area (Å²) in [7, 11) is 0. The molecular weight excluding hydrogens is 162 g/mol. The van der Waals surface area contributed by atoms with Gasteiger partial charge in [-0.1, -0.05) is 0 Å². The Morgan fingerprint density at radius 2 is 2.25 bits per heavy atom. The molecule has 0 aromatic rings. The Kier molecular flexibility index (Phi) is 3.02. The highest BCUT2D eigenvalue weighted by atomic mass is 16.4. The van der Waals surface area contributed by atoms with Gasteiger partial charge < -0.3 is 20.6 Å². The van der Waals surface area contributed by atoms with Crippen LogP contribution in [0.3, 0.4) is 0 Å². The van der Waals surface area contributed by atoms with Gasteiger partial charge in [0.15, 0.2) is 0 Å². The van der Waals surface area contributed by atoms with Crippen LogP contribution in [0.2, 0.25) is 0 Å². The maximum absolute atomic E-state index is 10.7. The van der Waals surface area contributed by atoms with Gasteiger partial charge in [0.25, 0.3) is 0 Å². The first-order valence-electron chi connectivity index (χ1n) is 3.91. The van der Waals surface area contributed by atoms with E-state index < -0.39 is 24.9 Å². The molecule has 0 spiro atoms. The van der Waals surface area contributed by atoms with Gasteiger partial charge in [0.05, 0.1) is 12.6 Å². The van der Waals surface area contributed by atoms with Crippen LogP contribution in [0.15, 0.2) is 0 Å². The van der Waals surface area contributed by atoms with E-state index in [1.54, 1.807) is 0 Å². The van der Waals surface area contributed by atoms with Gasteiger partial charge >= 0.3 is 0 Å². The zero-order valence-electron chi connectivity index (χ0n) is 6.60. The van der Waals surface area contributed by atoms with Crippen LogP contribution in [0.4, 0.5) is 0 Å². The molecule has 1 rings (SSSR count). The molecular formula is C7H13NO4. The minimum absolute atomic E-state index is 0.121. The van der Waals surface area contributed by atoms with Gasteiger partial charge in [-0.3, -0.25) is 4.79 Å². The molecule has 70 valence electrons. The van der Waals surface area contributed by atoms with Gasteiger partial charge in [-0.15, -0.1) is 0 Å². The highest BCUT2D eigenvalue weighted by Gasteiger charge is 2.31. The van der Waals surface area contributed by atoms with Crippen molar-refractivity contribution in [1.82, 2.24) is 5.32 Å². The van der Waals surface area contributed by atoms with Crippen LogP contribution in [0.1, 0.15) is 12.8 Å². The minimum atomic E-state index is -1.17. The number of hydrogen-bond donors (Lipinski definition) is 4. The number of nitrogens with one attached hydrogen (secondary N) is 1. The van der Waals surface area contributed by atoms with Gasteiger partial charge in [-0.25, -0.2) is 0 Å². The summed E-state index contributed by atoms with van der Waals surface area (Å²) in [6.07, 6.45) is -1.36. The van der Waals surface area contributed by atoms with Crippen molar-refractivity contribution in [1.29, 1.82) is 0 Å². The van der Waals surface area contributed by atoms with E-state index in [0.717, 1.165) is 0 Å². The van der Waals surface area contributed by atoms with E-state index in [9.17, 15) is 9.90 Å². The van der Waals surface area contributed by atoms with Crippen molar-refractivity contribution in [2.45, 2.75) is 31.1 Å². The van der Waals surface area contributed by atoms with E-state index in [1.165, 1.54) is 0 Å². The summed E-state index contributed by atoms with van der Waals surface area (Å²) >= 11 is 0. The van der Waals surface area contributed by atoms with E-state index in [2.05, 4.69) is 5.32 Å². The maximum Gasteiger partial charge on any atom is 0.220 e. The second-order valence-corrected chi connectivity index (χ2v) is 2.95. The largest absolute Gasteiger partial charge is 0.394 e. The molecule has 5 heteroatoms. The zero-order chi connectivity index (χ0) is 9.14. The van der Waals surface area contributed by atoms with Crippen molar-refractivity contribution >= 4 is 5.91 Å². The zero-order valence-corrected chi connectivity index (χ0v) is 6.60. The third-order valence-corrected chi connectivity index (χ3v) is 2.02. The van der Waals surface area contributed by atoms with Crippen molar-refractivity contribution < 1.29 is 20.1 Å². The highest BCUT2D eigenvalue weighted by molar-refractivity contribution is 5.78. The molecule has 0 radical (unpaired) electrons. The molecule has 0 bridgehead atoms. The highest BCUT2D eigenvalue weighted by Crippen LogP contribution is 2.12.